The maximum atomic E-state index is 11.2. The fourth-order valence-corrected chi connectivity index (χ4v) is 2.07. The molecule has 0 aliphatic heterocycles. The van der Waals surface area contributed by atoms with Crippen LogP contribution in [0.1, 0.15) is 28.4 Å². The number of aliphatic carboxylic acids is 1. The lowest BCUT2D eigenvalue weighted by molar-refractivity contribution is -0.136. The van der Waals surface area contributed by atoms with Gasteiger partial charge >= 0.3 is 5.97 Å². The first-order valence-corrected chi connectivity index (χ1v) is 6.72. The number of benzene rings is 2. The highest BCUT2D eigenvalue weighted by molar-refractivity contribution is 5.96. The SMILES string of the molecule is CC(=O)c1ccc(OCc2cccc(CC(=O)O)c2)cc1O. The van der Waals surface area contributed by atoms with E-state index in [4.69, 9.17) is 9.84 Å². The van der Waals surface area contributed by atoms with Crippen LogP contribution in [-0.4, -0.2) is 22.0 Å². The first-order chi connectivity index (χ1) is 10.5. The van der Waals surface area contributed by atoms with Gasteiger partial charge in [-0.05, 0) is 30.2 Å². The smallest absolute Gasteiger partial charge is 0.307 e. The van der Waals surface area contributed by atoms with E-state index in [1.54, 1.807) is 24.3 Å². The molecule has 0 aliphatic rings. The number of aromatic hydroxyl groups is 1. The summed E-state index contributed by atoms with van der Waals surface area (Å²) in [5.41, 5.74) is 1.77. The molecule has 2 N–H and O–H groups in total. The zero-order valence-corrected chi connectivity index (χ0v) is 12.1. The Morgan fingerprint density at radius 2 is 1.82 bits per heavy atom. The average Bonchev–Trinajstić information content (AvgIpc) is 2.44. The molecule has 2 aromatic rings. The average molecular weight is 300 g/mol. The number of ketones is 1. The lowest BCUT2D eigenvalue weighted by Gasteiger charge is -2.09. The van der Waals surface area contributed by atoms with E-state index in [1.807, 2.05) is 6.07 Å². The van der Waals surface area contributed by atoms with E-state index in [0.29, 0.717) is 11.3 Å². The van der Waals surface area contributed by atoms with Crippen molar-refractivity contribution in [2.45, 2.75) is 20.0 Å². The normalized spacial score (nSPS) is 10.2. The van der Waals surface area contributed by atoms with Crippen molar-refractivity contribution in [1.82, 2.24) is 0 Å². The van der Waals surface area contributed by atoms with Crippen LogP contribution in [0.15, 0.2) is 42.5 Å². The number of rotatable bonds is 6. The molecule has 0 heterocycles. The quantitative estimate of drug-likeness (QED) is 0.801. The summed E-state index contributed by atoms with van der Waals surface area (Å²) in [6.07, 6.45) is -0.0397. The number of phenols is 1. The summed E-state index contributed by atoms with van der Waals surface area (Å²) in [6, 6.07) is 11.6. The van der Waals surface area contributed by atoms with Gasteiger partial charge < -0.3 is 14.9 Å². The Kier molecular flexibility index (Phi) is 4.78. The van der Waals surface area contributed by atoms with E-state index in [1.165, 1.54) is 19.1 Å². The summed E-state index contributed by atoms with van der Waals surface area (Å²) in [6.45, 7) is 1.62. The molecule has 0 saturated carbocycles. The molecule has 0 unspecified atom stereocenters. The number of hydrogen-bond acceptors (Lipinski definition) is 4. The molecule has 5 nitrogen and oxygen atoms in total. The molecule has 0 radical (unpaired) electrons. The van der Waals surface area contributed by atoms with E-state index in [0.717, 1.165) is 5.56 Å². The van der Waals surface area contributed by atoms with Crippen molar-refractivity contribution in [2.75, 3.05) is 0 Å². The van der Waals surface area contributed by atoms with Crippen molar-refractivity contribution < 1.29 is 24.5 Å². The lowest BCUT2D eigenvalue weighted by Crippen LogP contribution is -2.02. The molecule has 0 saturated heterocycles. The fourth-order valence-electron chi connectivity index (χ4n) is 2.07. The van der Waals surface area contributed by atoms with Crippen LogP contribution in [0, 0.1) is 0 Å². The predicted octanol–water partition coefficient (Wildman–Crippen LogP) is 2.80. The van der Waals surface area contributed by atoms with Crippen LogP contribution in [0.3, 0.4) is 0 Å². The molecule has 0 aliphatic carbocycles. The Morgan fingerprint density at radius 1 is 1.09 bits per heavy atom. The predicted molar refractivity (Wildman–Crippen MR) is 80.2 cm³/mol. The van der Waals surface area contributed by atoms with Crippen LogP contribution >= 0.6 is 0 Å². The molecule has 0 bridgehead atoms. The molecular formula is C17H16O5. The van der Waals surface area contributed by atoms with E-state index in [-0.39, 0.29) is 30.1 Å². The van der Waals surface area contributed by atoms with Gasteiger partial charge in [-0.15, -0.1) is 0 Å². The number of carboxylic acid groups (broad SMARTS) is 1. The van der Waals surface area contributed by atoms with Crippen LogP contribution < -0.4 is 4.74 Å². The molecule has 2 aromatic carbocycles. The van der Waals surface area contributed by atoms with Crippen molar-refractivity contribution in [1.29, 1.82) is 0 Å². The standard InChI is InChI=1S/C17H16O5/c1-11(18)15-6-5-14(9-16(15)19)22-10-13-4-2-3-12(7-13)8-17(20)21/h2-7,9,19H,8,10H2,1H3,(H,20,21). The zero-order valence-electron chi connectivity index (χ0n) is 12.1. The van der Waals surface area contributed by atoms with Crippen molar-refractivity contribution >= 4 is 11.8 Å². The van der Waals surface area contributed by atoms with E-state index >= 15 is 0 Å². The monoisotopic (exact) mass is 300 g/mol. The van der Waals surface area contributed by atoms with Crippen molar-refractivity contribution in [3.8, 4) is 11.5 Å². The van der Waals surface area contributed by atoms with Crippen LogP contribution in [0.25, 0.3) is 0 Å². The molecule has 0 spiro atoms. The summed E-state index contributed by atoms with van der Waals surface area (Å²) in [4.78, 5) is 21.9. The molecule has 0 amide bonds. The van der Waals surface area contributed by atoms with Gasteiger partial charge in [-0.3, -0.25) is 9.59 Å². The minimum Gasteiger partial charge on any atom is -0.507 e. The highest BCUT2D eigenvalue weighted by Gasteiger charge is 2.08. The molecular weight excluding hydrogens is 284 g/mol. The second kappa shape index (κ2) is 6.76. The summed E-state index contributed by atoms with van der Waals surface area (Å²) in [5.74, 6) is -0.788. The maximum absolute atomic E-state index is 11.2. The highest BCUT2D eigenvalue weighted by Crippen LogP contribution is 2.24. The van der Waals surface area contributed by atoms with Crippen molar-refractivity contribution in [3.63, 3.8) is 0 Å². The molecule has 5 heteroatoms. The van der Waals surface area contributed by atoms with Crippen LogP contribution in [0.2, 0.25) is 0 Å². The lowest BCUT2D eigenvalue weighted by atomic mass is 10.1. The van der Waals surface area contributed by atoms with Gasteiger partial charge in [0.15, 0.2) is 5.78 Å². The van der Waals surface area contributed by atoms with Gasteiger partial charge in [0.25, 0.3) is 0 Å². The number of Topliss-reactive ketones (excluding diaryl/α,β-unsaturated/α-hetero) is 1. The van der Waals surface area contributed by atoms with Gasteiger partial charge in [-0.1, -0.05) is 24.3 Å². The van der Waals surface area contributed by atoms with Crippen LogP contribution in [0.5, 0.6) is 11.5 Å². The van der Waals surface area contributed by atoms with Gasteiger partial charge in [0.05, 0.1) is 12.0 Å². The first-order valence-electron chi connectivity index (χ1n) is 6.72. The van der Waals surface area contributed by atoms with Crippen LogP contribution in [-0.2, 0) is 17.8 Å². The zero-order chi connectivity index (χ0) is 16.1. The number of carbonyl (C=O) groups is 2. The third kappa shape index (κ3) is 4.09. The minimum absolute atomic E-state index is 0.0397. The van der Waals surface area contributed by atoms with E-state index < -0.39 is 5.97 Å². The Hall–Kier alpha value is -2.82. The number of ether oxygens (including phenoxy) is 1. The Bertz CT molecular complexity index is 706. The largest absolute Gasteiger partial charge is 0.507 e. The van der Waals surface area contributed by atoms with Gasteiger partial charge in [0.2, 0.25) is 0 Å². The summed E-state index contributed by atoms with van der Waals surface area (Å²) < 4.78 is 5.55. The molecule has 22 heavy (non-hydrogen) atoms. The van der Waals surface area contributed by atoms with Gasteiger partial charge in [-0.2, -0.15) is 0 Å². The first kappa shape index (κ1) is 15.6. The minimum atomic E-state index is -0.886. The van der Waals surface area contributed by atoms with Crippen molar-refractivity contribution in [3.05, 3.63) is 59.2 Å². The van der Waals surface area contributed by atoms with E-state index in [2.05, 4.69) is 0 Å². The number of hydrogen-bond donors (Lipinski definition) is 2. The summed E-state index contributed by atoms with van der Waals surface area (Å²) in [7, 11) is 0. The number of carboxylic acids is 1. The Balaban J connectivity index is 2.05. The topological polar surface area (TPSA) is 83.8 Å². The maximum Gasteiger partial charge on any atom is 0.307 e. The summed E-state index contributed by atoms with van der Waals surface area (Å²) in [5, 5.41) is 18.5. The molecule has 0 aromatic heterocycles. The number of phenolic OH excluding ortho intramolecular Hbond substituents is 1. The van der Waals surface area contributed by atoms with Gasteiger partial charge in [0.1, 0.15) is 18.1 Å². The molecule has 0 atom stereocenters. The third-order valence-electron chi connectivity index (χ3n) is 3.10. The van der Waals surface area contributed by atoms with Crippen LogP contribution in [0.4, 0.5) is 0 Å². The Morgan fingerprint density at radius 3 is 2.45 bits per heavy atom. The highest BCUT2D eigenvalue weighted by atomic mass is 16.5. The molecule has 0 fully saturated rings. The second-order valence-corrected chi connectivity index (χ2v) is 4.91. The molecule has 2 rings (SSSR count). The third-order valence-corrected chi connectivity index (χ3v) is 3.10. The van der Waals surface area contributed by atoms with Gasteiger partial charge in [-0.25, -0.2) is 0 Å². The van der Waals surface area contributed by atoms with E-state index in [9.17, 15) is 14.7 Å². The second-order valence-electron chi connectivity index (χ2n) is 4.91. The summed E-state index contributed by atoms with van der Waals surface area (Å²) >= 11 is 0. The number of carbonyl (C=O) groups excluding carboxylic acids is 1. The molecule has 114 valence electrons. The van der Waals surface area contributed by atoms with Crippen molar-refractivity contribution in [2.24, 2.45) is 0 Å². The Labute approximate surface area is 127 Å². The van der Waals surface area contributed by atoms with Gasteiger partial charge in [0, 0.05) is 6.07 Å². The fraction of sp³-hybridized carbons (Fsp3) is 0.176.